The van der Waals surface area contributed by atoms with E-state index in [9.17, 15) is 24.3 Å². The topological polar surface area (TPSA) is 179 Å². The highest BCUT2D eigenvalue weighted by Gasteiger charge is 2.29. The summed E-state index contributed by atoms with van der Waals surface area (Å²) >= 11 is 4.24. The van der Waals surface area contributed by atoms with E-state index in [1.807, 2.05) is 0 Å². The lowest BCUT2D eigenvalue weighted by atomic mass is 10.0. The van der Waals surface area contributed by atoms with Crippen molar-refractivity contribution in [3.05, 3.63) is 18.2 Å². The minimum atomic E-state index is -1.16. The van der Waals surface area contributed by atoms with Crippen molar-refractivity contribution in [2.45, 2.75) is 153 Å². The van der Waals surface area contributed by atoms with Crippen LogP contribution >= 0.6 is 12.6 Å². The summed E-state index contributed by atoms with van der Waals surface area (Å²) in [7, 11) is 0. The molecule has 1 rings (SSSR count). The fraction of sp³-hybridized carbons (Fsp3) is 0.788. The Labute approximate surface area is 275 Å². The van der Waals surface area contributed by atoms with Crippen LogP contribution in [0.3, 0.4) is 0 Å². The van der Waals surface area contributed by atoms with Crippen molar-refractivity contribution in [2.24, 2.45) is 5.73 Å². The van der Waals surface area contributed by atoms with E-state index in [1.54, 1.807) is 6.20 Å². The van der Waals surface area contributed by atoms with Gasteiger partial charge in [-0.15, -0.1) is 0 Å². The van der Waals surface area contributed by atoms with Crippen molar-refractivity contribution in [2.75, 3.05) is 12.3 Å². The first kappa shape index (κ1) is 40.4. The Kier molecular flexibility index (Phi) is 23.9. The molecule has 0 spiro atoms. The number of imidazole rings is 1. The Balaban J connectivity index is 2.39. The molecule has 0 radical (unpaired) electrons. The molecule has 45 heavy (non-hydrogen) atoms. The van der Waals surface area contributed by atoms with Gasteiger partial charge in [-0.25, -0.2) is 9.78 Å². The van der Waals surface area contributed by atoms with Crippen LogP contribution in [0.2, 0.25) is 0 Å². The molecule has 0 aromatic carbocycles. The quantitative estimate of drug-likeness (QED) is 0.0479. The summed E-state index contributed by atoms with van der Waals surface area (Å²) in [6, 6.07) is -3.14. The molecule has 11 nitrogen and oxygen atoms in total. The van der Waals surface area contributed by atoms with E-state index in [0.717, 1.165) is 19.3 Å². The zero-order valence-electron chi connectivity index (χ0n) is 27.5. The van der Waals surface area contributed by atoms with Gasteiger partial charge in [-0.3, -0.25) is 14.4 Å². The standard InChI is InChI=1S/C33H60N6O5S/c1-2-3-4-5-6-7-8-9-10-11-12-13-14-15-16-20-30(40)37-29(24-45)32(42)39-28(22-26-23-35-25-36-26)31(41)38-27(33(43)44)19-17-18-21-34/h23,25,27-29,45H,2-22,24,34H2,1H3,(H,35,36)(H,37,40)(H,38,41)(H,39,42)(H,43,44)/t27-,28-,29-/m0/s1. The minimum Gasteiger partial charge on any atom is -0.480 e. The number of aliphatic carboxylic acids is 1. The second-order valence-electron chi connectivity index (χ2n) is 12.0. The van der Waals surface area contributed by atoms with Crippen LogP contribution in [0.1, 0.15) is 135 Å². The zero-order chi connectivity index (χ0) is 33.1. The fourth-order valence-electron chi connectivity index (χ4n) is 5.23. The smallest absolute Gasteiger partial charge is 0.326 e. The van der Waals surface area contributed by atoms with Crippen molar-refractivity contribution >= 4 is 36.3 Å². The number of aromatic nitrogens is 2. The van der Waals surface area contributed by atoms with Crippen LogP contribution in [-0.2, 0) is 25.6 Å². The number of hydrogen-bond acceptors (Lipinski definition) is 7. The van der Waals surface area contributed by atoms with E-state index < -0.39 is 35.9 Å². The molecule has 1 heterocycles. The number of hydrogen-bond donors (Lipinski definition) is 7. The zero-order valence-corrected chi connectivity index (χ0v) is 28.4. The normalized spacial score (nSPS) is 13.1. The van der Waals surface area contributed by atoms with E-state index in [2.05, 4.69) is 45.5 Å². The maximum absolute atomic E-state index is 13.1. The summed E-state index contributed by atoms with van der Waals surface area (Å²) in [5.41, 5.74) is 6.02. The molecule has 3 atom stereocenters. The van der Waals surface area contributed by atoms with Crippen molar-refractivity contribution in [1.29, 1.82) is 0 Å². The summed E-state index contributed by atoms with van der Waals surface area (Å²) in [6.45, 7) is 2.68. The van der Waals surface area contributed by atoms with Crippen LogP contribution in [0.4, 0.5) is 0 Å². The Morgan fingerprint density at radius 3 is 1.80 bits per heavy atom. The Bertz CT molecular complexity index is 933. The molecule has 258 valence electrons. The molecule has 0 saturated heterocycles. The number of carbonyl (C=O) groups excluding carboxylic acids is 3. The number of carboxylic acids is 1. The first-order valence-corrected chi connectivity index (χ1v) is 17.9. The van der Waals surface area contributed by atoms with Gasteiger partial charge in [0.15, 0.2) is 0 Å². The number of thiol groups is 1. The Morgan fingerprint density at radius 2 is 1.31 bits per heavy atom. The molecule has 0 fully saturated rings. The number of nitrogens with two attached hydrogens (primary N) is 1. The van der Waals surface area contributed by atoms with Gasteiger partial charge in [-0.05, 0) is 32.2 Å². The number of carboxylic acid groups (broad SMARTS) is 1. The van der Waals surface area contributed by atoms with E-state index in [0.29, 0.717) is 31.5 Å². The van der Waals surface area contributed by atoms with Gasteiger partial charge in [-0.2, -0.15) is 12.6 Å². The largest absolute Gasteiger partial charge is 0.480 e. The van der Waals surface area contributed by atoms with Crippen molar-refractivity contribution in [1.82, 2.24) is 25.9 Å². The van der Waals surface area contributed by atoms with Crippen LogP contribution in [0.25, 0.3) is 0 Å². The highest BCUT2D eigenvalue weighted by Crippen LogP contribution is 2.14. The van der Waals surface area contributed by atoms with E-state index >= 15 is 0 Å². The molecule has 7 N–H and O–H groups in total. The number of nitrogens with one attached hydrogen (secondary N) is 4. The maximum Gasteiger partial charge on any atom is 0.326 e. The average Bonchev–Trinajstić information content (AvgIpc) is 3.54. The second kappa shape index (κ2) is 26.6. The molecule has 12 heteroatoms. The minimum absolute atomic E-state index is 0.0442. The predicted molar refractivity (Wildman–Crippen MR) is 182 cm³/mol. The van der Waals surface area contributed by atoms with Gasteiger partial charge in [0, 0.05) is 24.8 Å². The van der Waals surface area contributed by atoms with E-state index in [-0.39, 0.29) is 24.5 Å². The Morgan fingerprint density at radius 1 is 0.778 bits per heavy atom. The predicted octanol–water partition coefficient (Wildman–Crippen LogP) is 4.81. The molecule has 0 unspecified atom stereocenters. The second-order valence-corrected chi connectivity index (χ2v) is 12.4. The third-order valence-electron chi connectivity index (χ3n) is 8.00. The average molecular weight is 653 g/mol. The number of carbonyl (C=O) groups is 4. The van der Waals surface area contributed by atoms with Gasteiger partial charge < -0.3 is 31.8 Å². The lowest BCUT2D eigenvalue weighted by molar-refractivity contribution is -0.142. The third kappa shape index (κ3) is 20.2. The summed E-state index contributed by atoms with van der Waals surface area (Å²) < 4.78 is 0. The van der Waals surface area contributed by atoms with Crippen LogP contribution in [-0.4, -0.2) is 69.2 Å². The van der Waals surface area contributed by atoms with Crippen LogP contribution in [0.5, 0.6) is 0 Å². The number of H-pyrrole nitrogens is 1. The highest BCUT2D eigenvalue weighted by molar-refractivity contribution is 7.80. The summed E-state index contributed by atoms with van der Waals surface area (Å²) in [6.07, 6.45) is 23.5. The number of rotatable bonds is 29. The van der Waals surface area contributed by atoms with Gasteiger partial charge in [0.1, 0.15) is 18.1 Å². The molecule has 0 aliphatic carbocycles. The molecule has 0 bridgehead atoms. The first-order valence-electron chi connectivity index (χ1n) is 17.2. The monoisotopic (exact) mass is 652 g/mol. The third-order valence-corrected chi connectivity index (χ3v) is 8.37. The van der Waals surface area contributed by atoms with E-state index in [1.165, 1.54) is 83.4 Å². The summed E-state index contributed by atoms with van der Waals surface area (Å²) in [5.74, 6) is -2.57. The SMILES string of the molecule is CCCCCCCCCCCCCCCCCC(=O)N[C@@H](CS)C(=O)N[C@@H](Cc1c[nH]cn1)C(=O)N[C@@H](CCCCN)C(=O)O. The molecule has 0 aliphatic rings. The lowest BCUT2D eigenvalue weighted by Gasteiger charge is -2.23. The van der Waals surface area contributed by atoms with Crippen LogP contribution < -0.4 is 21.7 Å². The number of aromatic amines is 1. The summed E-state index contributed by atoms with van der Waals surface area (Å²) in [5, 5.41) is 17.5. The Hall–Kier alpha value is -2.60. The van der Waals surface area contributed by atoms with Gasteiger partial charge in [0.05, 0.1) is 12.0 Å². The molecule has 1 aromatic rings. The summed E-state index contributed by atoms with van der Waals surface area (Å²) in [4.78, 5) is 57.4. The molecule has 0 saturated carbocycles. The lowest BCUT2D eigenvalue weighted by Crippen LogP contribution is -2.57. The van der Waals surface area contributed by atoms with Crippen molar-refractivity contribution in [3.8, 4) is 0 Å². The van der Waals surface area contributed by atoms with Crippen molar-refractivity contribution < 1.29 is 24.3 Å². The van der Waals surface area contributed by atoms with Crippen LogP contribution in [0, 0.1) is 0 Å². The molecule has 3 amide bonds. The number of amides is 3. The van der Waals surface area contributed by atoms with Gasteiger partial charge in [-0.1, -0.05) is 96.8 Å². The van der Waals surface area contributed by atoms with Crippen LogP contribution in [0.15, 0.2) is 12.5 Å². The van der Waals surface area contributed by atoms with E-state index in [4.69, 9.17) is 5.73 Å². The molecular formula is C33H60N6O5S. The van der Waals surface area contributed by atoms with Gasteiger partial charge >= 0.3 is 5.97 Å². The number of unbranched alkanes of at least 4 members (excludes halogenated alkanes) is 15. The molecular weight excluding hydrogens is 592 g/mol. The molecule has 0 aliphatic heterocycles. The molecule has 1 aromatic heterocycles. The van der Waals surface area contributed by atoms with Gasteiger partial charge in [0.2, 0.25) is 17.7 Å². The van der Waals surface area contributed by atoms with Crippen molar-refractivity contribution in [3.63, 3.8) is 0 Å². The van der Waals surface area contributed by atoms with Gasteiger partial charge in [0.25, 0.3) is 0 Å². The fourth-order valence-corrected chi connectivity index (χ4v) is 5.49. The number of nitrogens with zero attached hydrogens (tertiary/aromatic N) is 1. The first-order chi connectivity index (χ1) is 21.8. The maximum atomic E-state index is 13.1. The highest BCUT2D eigenvalue weighted by atomic mass is 32.1.